The van der Waals surface area contributed by atoms with Gasteiger partial charge in [-0.3, -0.25) is 14.4 Å². The number of aliphatic carboxylic acids is 1. The molecule has 5 N–H and O–H groups in total. The molecule has 0 radical (unpaired) electrons. The predicted octanol–water partition coefficient (Wildman–Crippen LogP) is 4.82. The minimum Gasteiger partial charge on any atom is -0.481 e. The average molecular weight is 755 g/mol. The van der Waals surface area contributed by atoms with Crippen molar-refractivity contribution in [3.63, 3.8) is 0 Å². The first kappa shape index (κ1) is 38.5. The van der Waals surface area contributed by atoms with Crippen LogP contribution in [0, 0.1) is 5.92 Å². The number of H-pyrrole nitrogens is 2. The van der Waals surface area contributed by atoms with E-state index in [1.54, 1.807) is 16.0 Å². The average Bonchev–Trinajstić information content (AvgIpc) is 4.02. The van der Waals surface area contributed by atoms with Gasteiger partial charge in [0.1, 0.15) is 24.2 Å². The second-order valence-corrected chi connectivity index (χ2v) is 14.0. The lowest BCUT2D eigenvalue weighted by atomic mass is 10.0. The number of carboxylic acids is 1. The predicted molar refractivity (Wildman–Crippen MR) is 200 cm³/mol. The molecule has 1 unspecified atom stereocenters. The van der Waals surface area contributed by atoms with E-state index in [0.29, 0.717) is 42.5 Å². The lowest BCUT2D eigenvalue weighted by molar-refractivity contribution is -0.137. The van der Waals surface area contributed by atoms with Crippen molar-refractivity contribution in [2.24, 2.45) is 5.92 Å². The van der Waals surface area contributed by atoms with Gasteiger partial charge in [0.25, 0.3) is 0 Å². The minimum absolute atomic E-state index is 0.148. The molecule has 4 heterocycles. The summed E-state index contributed by atoms with van der Waals surface area (Å²) in [4.78, 5) is 81.2. The number of benzene rings is 2. The van der Waals surface area contributed by atoms with Gasteiger partial charge in [0.15, 0.2) is 0 Å². The van der Waals surface area contributed by atoms with Crippen LogP contribution in [-0.2, 0) is 30.3 Å². The van der Waals surface area contributed by atoms with Crippen molar-refractivity contribution in [3.05, 3.63) is 72.1 Å². The molecule has 0 aliphatic carbocycles. The second-order valence-electron chi connectivity index (χ2n) is 14.0. The number of carbonyl (C=O) groups is 5. The van der Waals surface area contributed by atoms with E-state index in [9.17, 15) is 29.1 Å². The zero-order valence-corrected chi connectivity index (χ0v) is 31.3. The molecule has 2 saturated heterocycles. The summed E-state index contributed by atoms with van der Waals surface area (Å²) in [5, 5.41) is 14.8. The minimum atomic E-state index is -1.01. The highest BCUT2D eigenvalue weighted by atomic mass is 16.5. The fourth-order valence-electron chi connectivity index (χ4n) is 7.28. The van der Waals surface area contributed by atoms with Crippen LogP contribution in [0.4, 0.5) is 9.59 Å². The summed E-state index contributed by atoms with van der Waals surface area (Å²) in [6.45, 7) is 4.60. The maximum Gasteiger partial charge on any atom is 0.407 e. The van der Waals surface area contributed by atoms with Gasteiger partial charge in [-0.15, -0.1) is 0 Å². The molecule has 0 bridgehead atoms. The number of aromatic amines is 2. The smallest absolute Gasteiger partial charge is 0.407 e. The molecule has 0 spiro atoms. The van der Waals surface area contributed by atoms with E-state index in [2.05, 4.69) is 30.3 Å². The van der Waals surface area contributed by atoms with Crippen LogP contribution in [-0.4, -0.2) is 105 Å². The highest BCUT2D eigenvalue weighted by Gasteiger charge is 2.38. The Labute approximate surface area is 318 Å². The number of aromatic nitrogens is 4. The van der Waals surface area contributed by atoms with Crippen LogP contribution >= 0.6 is 0 Å². The van der Waals surface area contributed by atoms with Gasteiger partial charge in [0, 0.05) is 18.7 Å². The number of methoxy groups -OCH3 is 2. The third kappa shape index (κ3) is 8.63. The van der Waals surface area contributed by atoms with Gasteiger partial charge in [-0.05, 0) is 48.3 Å². The third-order valence-corrected chi connectivity index (χ3v) is 10.1. The van der Waals surface area contributed by atoms with Crippen molar-refractivity contribution in [1.82, 2.24) is 40.4 Å². The van der Waals surface area contributed by atoms with E-state index in [4.69, 9.17) is 9.72 Å². The number of carbonyl (C=O) groups excluding carboxylic acids is 4. The summed E-state index contributed by atoms with van der Waals surface area (Å²) in [6, 6.07) is 14.3. The van der Waals surface area contributed by atoms with E-state index in [0.717, 1.165) is 47.2 Å². The number of nitrogens with one attached hydrogen (secondary N) is 4. The maximum absolute atomic E-state index is 13.7. The molecule has 2 fully saturated rings. The molecule has 290 valence electrons. The lowest BCUT2D eigenvalue weighted by Gasteiger charge is -2.30. The van der Waals surface area contributed by atoms with Crippen LogP contribution in [0.5, 0.6) is 0 Å². The van der Waals surface area contributed by atoms with Gasteiger partial charge >= 0.3 is 18.2 Å². The van der Waals surface area contributed by atoms with Gasteiger partial charge < -0.3 is 45.0 Å². The highest BCUT2D eigenvalue weighted by Crippen LogP contribution is 2.36. The van der Waals surface area contributed by atoms with Crippen molar-refractivity contribution in [2.75, 3.05) is 33.9 Å². The molecule has 16 heteroatoms. The lowest BCUT2D eigenvalue weighted by Crippen LogP contribution is -2.51. The monoisotopic (exact) mass is 754 g/mol. The van der Waals surface area contributed by atoms with Crippen molar-refractivity contribution in [1.29, 1.82) is 0 Å². The number of carboxylic acid groups (broad SMARTS) is 1. The van der Waals surface area contributed by atoms with Crippen LogP contribution < -0.4 is 10.6 Å². The number of amides is 4. The van der Waals surface area contributed by atoms with Gasteiger partial charge in [0.05, 0.1) is 56.0 Å². The molecular weight excluding hydrogens is 708 g/mol. The summed E-state index contributed by atoms with van der Waals surface area (Å²) < 4.78 is 9.31. The standard InChI is InChI=1S/C39H46N8O8/c1-22(2)33(45-39(53)55-4)37(51)47-18-6-8-30(47)36-42-27(19-32(49)50)34(44-36)26-15-11-24(12-16-26)23-9-13-25(14-10-23)28-20-40-35(43-28)29-7-5-17-46(29)31(48)21-41-38(52)54-3/h9-16,20,22,29-30,33H,5-8,17-19,21H2,1-4H3,(H,40,43)(H,41,52)(H,42,44)(H,45,53)(H,49,50)/t29-,30-,33?/m0/s1. The van der Waals surface area contributed by atoms with E-state index >= 15 is 0 Å². The third-order valence-electron chi connectivity index (χ3n) is 10.1. The molecular formula is C39H46N8O8. The molecule has 2 aliphatic rings. The number of alkyl carbamates (subject to hydrolysis) is 2. The summed E-state index contributed by atoms with van der Waals surface area (Å²) in [5.74, 6) is -0.464. The van der Waals surface area contributed by atoms with E-state index < -0.39 is 30.2 Å². The van der Waals surface area contributed by atoms with Crippen LogP contribution in [0.25, 0.3) is 33.6 Å². The van der Waals surface area contributed by atoms with Crippen molar-refractivity contribution in [2.45, 2.75) is 64.1 Å². The highest BCUT2D eigenvalue weighted by molar-refractivity contribution is 5.86. The summed E-state index contributed by atoms with van der Waals surface area (Å²) in [6.07, 6.45) is 3.09. The Kier molecular flexibility index (Phi) is 11.8. The maximum atomic E-state index is 13.7. The number of hydrogen-bond donors (Lipinski definition) is 5. The SMILES string of the molecule is COC(=O)NCC(=O)N1CCC[C@H]1c1ncc(-c2ccc(-c3ccc(-c4nc([C@@H]5CCCN5C(=O)C(NC(=O)OC)C(C)C)[nH]c4CC(=O)O)cc3)cc2)[nH]1. The molecule has 4 amide bonds. The normalized spacial score (nSPS) is 17.3. The van der Waals surface area contributed by atoms with Crippen molar-refractivity contribution < 1.29 is 38.6 Å². The molecule has 2 aromatic heterocycles. The first-order valence-corrected chi connectivity index (χ1v) is 18.3. The van der Waals surface area contributed by atoms with Crippen LogP contribution in [0.2, 0.25) is 0 Å². The first-order valence-electron chi connectivity index (χ1n) is 18.3. The molecule has 4 aromatic rings. The number of likely N-dealkylation sites (tertiary alicyclic amines) is 2. The Morgan fingerprint density at radius 2 is 1.40 bits per heavy atom. The molecule has 0 saturated carbocycles. The number of nitrogens with zero attached hydrogens (tertiary/aromatic N) is 4. The van der Waals surface area contributed by atoms with Crippen molar-refractivity contribution >= 4 is 30.0 Å². The second kappa shape index (κ2) is 16.9. The van der Waals surface area contributed by atoms with E-state index in [1.165, 1.54) is 14.2 Å². The van der Waals surface area contributed by atoms with Gasteiger partial charge in [0.2, 0.25) is 11.8 Å². The number of imidazole rings is 2. The summed E-state index contributed by atoms with van der Waals surface area (Å²) in [5.41, 5.74) is 5.32. The molecule has 6 rings (SSSR count). The Hall–Kier alpha value is -6.19. The quantitative estimate of drug-likeness (QED) is 0.133. The Morgan fingerprint density at radius 3 is 2.00 bits per heavy atom. The number of hydrogen-bond acceptors (Lipinski definition) is 9. The fourth-order valence-corrected chi connectivity index (χ4v) is 7.28. The largest absolute Gasteiger partial charge is 0.481 e. The van der Waals surface area contributed by atoms with Gasteiger partial charge in [-0.25, -0.2) is 19.6 Å². The molecule has 16 nitrogen and oxygen atoms in total. The number of ether oxygens (including phenoxy) is 2. The number of rotatable bonds is 12. The fraction of sp³-hybridized carbons (Fsp3) is 0.410. The van der Waals surface area contributed by atoms with Gasteiger partial charge in [-0.1, -0.05) is 62.4 Å². The molecule has 2 aromatic carbocycles. The summed E-state index contributed by atoms with van der Waals surface area (Å²) >= 11 is 0. The van der Waals surface area contributed by atoms with E-state index in [1.807, 2.05) is 62.4 Å². The van der Waals surface area contributed by atoms with E-state index in [-0.39, 0.29) is 36.7 Å². The van der Waals surface area contributed by atoms with Crippen molar-refractivity contribution in [3.8, 4) is 33.6 Å². The topological polar surface area (TPSA) is 212 Å². The van der Waals surface area contributed by atoms with Gasteiger partial charge in [-0.2, -0.15) is 0 Å². The van der Waals surface area contributed by atoms with Crippen LogP contribution in [0.15, 0.2) is 54.7 Å². The van der Waals surface area contributed by atoms with Crippen LogP contribution in [0.1, 0.15) is 69.0 Å². The Morgan fingerprint density at radius 1 is 0.818 bits per heavy atom. The van der Waals surface area contributed by atoms with Crippen LogP contribution in [0.3, 0.4) is 0 Å². The Balaban J connectivity index is 1.16. The zero-order valence-electron chi connectivity index (χ0n) is 31.3. The molecule has 3 atom stereocenters. The summed E-state index contributed by atoms with van der Waals surface area (Å²) in [7, 11) is 2.50. The Bertz CT molecular complexity index is 2020. The zero-order chi connectivity index (χ0) is 39.2. The molecule has 55 heavy (non-hydrogen) atoms. The first-order chi connectivity index (χ1) is 26.5. The molecule has 2 aliphatic heterocycles.